The molecular formula is C7H18N2S. The first-order valence-corrected chi connectivity index (χ1v) is 4.99. The first-order chi connectivity index (χ1) is 4.91. The van der Waals surface area contributed by atoms with Crippen LogP contribution in [-0.4, -0.2) is 31.6 Å². The summed E-state index contributed by atoms with van der Waals surface area (Å²) in [7, 11) is 1.99. The Morgan fingerprint density at radius 1 is 1.30 bits per heavy atom. The highest BCUT2D eigenvalue weighted by molar-refractivity contribution is 7.99. The van der Waals surface area contributed by atoms with Gasteiger partial charge < -0.3 is 11.1 Å². The number of hydrogen-bond donors (Lipinski definition) is 2. The van der Waals surface area contributed by atoms with Crippen LogP contribution in [0.25, 0.3) is 0 Å². The summed E-state index contributed by atoms with van der Waals surface area (Å²) in [6.07, 6.45) is 2.43. The van der Waals surface area contributed by atoms with E-state index in [1.165, 1.54) is 17.9 Å². The highest BCUT2D eigenvalue weighted by Crippen LogP contribution is 2.02. The van der Waals surface area contributed by atoms with Gasteiger partial charge in [0.15, 0.2) is 0 Å². The summed E-state index contributed by atoms with van der Waals surface area (Å²) in [4.78, 5) is 0. The third-order valence-corrected chi connectivity index (χ3v) is 2.36. The Morgan fingerprint density at radius 3 is 2.60 bits per heavy atom. The van der Waals surface area contributed by atoms with E-state index in [-0.39, 0.29) is 0 Å². The molecule has 0 aliphatic heterocycles. The molecule has 2 nitrogen and oxygen atoms in total. The molecule has 0 heterocycles. The zero-order valence-corrected chi connectivity index (χ0v) is 7.54. The molecule has 0 aromatic heterocycles. The first kappa shape index (κ1) is 10.3. The van der Waals surface area contributed by atoms with Gasteiger partial charge in [0.1, 0.15) is 0 Å². The fraction of sp³-hybridized carbons (Fsp3) is 1.00. The van der Waals surface area contributed by atoms with E-state index in [4.69, 9.17) is 5.73 Å². The Kier molecular flexibility index (Phi) is 9.52. The fourth-order valence-corrected chi connectivity index (χ4v) is 1.56. The van der Waals surface area contributed by atoms with Crippen molar-refractivity contribution in [2.45, 2.75) is 12.8 Å². The molecule has 62 valence electrons. The van der Waals surface area contributed by atoms with Crippen LogP contribution in [0, 0.1) is 0 Å². The second kappa shape index (κ2) is 9.27. The van der Waals surface area contributed by atoms with Gasteiger partial charge in [0.25, 0.3) is 0 Å². The van der Waals surface area contributed by atoms with E-state index in [9.17, 15) is 0 Å². The molecule has 0 atom stereocenters. The van der Waals surface area contributed by atoms with Crippen LogP contribution < -0.4 is 11.1 Å². The fourth-order valence-electron chi connectivity index (χ4n) is 0.638. The standard InChI is InChI=1S/C7H18N2S/c1-9-5-3-7-10-6-2-4-8/h9H,2-8H2,1H3. The predicted octanol–water partition coefficient (Wildman–Crippen LogP) is 0.678. The second-order valence-electron chi connectivity index (χ2n) is 2.21. The topological polar surface area (TPSA) is 38.0 Å². The lowest BCUT2D eigenvalue weighted by Crippen LogP contribution is -2.08. The quantitative estimate of drug-likeness (QED) is 0.541. The Bertz CT molecular complexity index is 51.6. The molecular weight excluding hydrogens is 144 g/mol. The average Bonchev–Trinajstić information content (AvgIpc) is 1.97. The maximum absolute atomic E-state index is 5.34. The van der Waals surface area contributed by atoms with Gasteiger partial charge in [-0.2, -0.15) is 11.8 Å². The maximum atomic E-state index is 5.34. The smallest absolute Gasteiger partial charge is 0.00441 e. The molecule has 0 saturated heterocycles. The van der Waals surface area contributed by atoms with Gasteiger partial charge in [-0.3, -0.25) is 0 Å². The molecule has 3 heteroatoms. The summed E-state index contributed by atoms with van der Waals surface area (Å²) in [5.74, 6) is 2.49. The molecule has 0 aromatic carbocycles. The number of hydrogen-bond acceptors (Lipinski definition) is 3. The van der Waals surface area contributed by atoms with Crippen LogP contribution in [0.1, 0.15) is 12.8 Å². The molecule has 0 amide bonds. The van der Waals surface area contributed by atoms with Crippen molar-refractivity contribution in [2.75, 3.05) is 31.6 Å². The lowest BCUT2D eigenvalue weighted by Gasteiger charge is -1.98. The van der Waals surface area contributed by atoms with Gasteiger partial charge in [-0.05, 0) is 44.5 Å². The SMILES string of the molecule is CNCCCSCCCN. The number of nitrogens with one attached hydrogen (secondary N) is 1. The molecule has 0 unspecified atom stereocenters. The van der Waals surface area contributed by atoms with Crippen LogP contribution in [0.5, 0.6) is 0 Å². The third-order valence-electron chi connectivity index (χ3n) is 1.21. The van der Waals surface area contributed by atoms with Crippen LogP contribution >= 0.6 is 11.8 Å². The number of thioether (sulfide) groups is 1. The van der Waals surface area contributed by atoms with E-state index in [1.54, 1.807) is 0 Å². The molecule has 0 radical (unpaired) electrons. The van der Waals surface area contributed by atoms with Crippen molar-refractivity contribution in [1.29, 1.82) is 0 Å². The lowest BCUT2D eigenvalue weighted by molar-refractivity contribution is 0.777. The molecule has 0 saturated carbocycles. The highest BCUT2D eigenvalue weighted by atomic mass is 32.2. The van der Waals surface area contributed by atoms with Crippen LogP contribution in [0.15, 0.2) is 0 Å². The van der Waals surface area contributed by atoms with Crippen molar-refractivity contribution in [3.05, 3.63) is 0 Å². The van der Waals surface area contributed by atoms with Crippen molar-refractivity contribution in [3.8, 4) is 0 Å². The van der Waals surface area contributed by atoms with Crippen molar-refractivity contribution >= 4 is 11.8 Å². The van der Waals surface area contributed by atoms with Gasteiger partial charge in [-0.25, -0.2) is 0 Å². The van der Waals surface area contributed by atoms with Gasteiger partial charge in [-0.15, -0.1) is 0 Å². The first-order valence-electron chi connectivity index (χ1n) is 3.84. The summed E-state index contributed by atoms with van der Waals surface area (Å²) >= 11 is 2.00. The van der Waals surface area contributed by atoms with Gasteiger partial charge in [0.2, 0.25) is 0 Å². The Morgan fingerprint density at radius 2 is 2.00 bits per heavy atom. The molecule has 0 bridgehead atoms. The van der Waals surface area contributed by atoms with Crippen LogP contribution in [0.4, 0.5) is 0 Å². The summed E-state index contributed by atoms with van der Waals surface area (Å²) in [5.41, 5.74) is 5.34. The largest absolute Gasteiger partial charge is 0.330 e. The molecule has 3 N–H and O–H groups in total. The van der Waals surface area contributed by atoms with E-state index < -0.39 is 0 Å². The van der Waals surface area contributed by atoms with Crippen LogP contribution in [0.2, 0.25) is 0 Å². The van der Waals surface area contributed by atoms with Crippen molar-refractivity contribution in [1.82, 2.24) is 5.32 Å². The molecule has 0 rings (SSSR count). The Hall–Kier alpha value is 0.270. The van der Waals surface area contributed by atoms with Crippen molar-refractivity contribution in [2.24, 2.45) is 5.73 Å². The third kappa shape index (κ3) is 8.27. The van der Waals surface area contributed by atoms with Crippen molar-refractivity contribution < 1.29 is 0 Å². The minimum Gasteiger partial charge on any atom is -0.330 e. The average molecular weight is 162 g/mol. The summed E-state index contributed by atoms with van der Waals surface area (Å²) < 4.78 is 0. The minimum atomic E-state index is 0.832. The predicted molar refractivity (Wildman–Crippen MR) is 49.5 cm³/mol. The Labute approximate surface area is 67.9 Å². The maximum Gasteiger partial charge on any atom is -0.00441 e. The molecule has 0 fully saturated rings. The minimum absolute atomic E-state index is 0.832. The summed E-state index contributed by atoms with van der Waals surface area (Å²) in [6.45, 7) is 1.97. The second-order valence-corrected chi connectivity index (χ2v) is 3.44. The monoisotopic (exact) mass is 162 g/mol. The van der Waals surface area contributed by atoms with Crippen LogP contribution in [-0.2, 0) is 0 Å². The van der Waals surface area contributed by atoms with E-state index in [2.05, 4.69) is 5.32 Å². The lowest BCUT2D eigenvalue weighted by atomic mass is 10.5. The highest BCUT2D eigenvalue weighted by Gasteiger charge is 1.87. The number of nitrogens with two attached hydrogens (primary N) is 1. The molecule has 10 heavy (non-hydrogen) atoms. The molecule has 0 aromatic rings. The van der Waals surface area contributed by atoms with E-state index in [0.29, 0.717) is 0 Å². The van der Waals surface area contributed by atoms with E-state index in [1.807, 2.05) is 18.8 Å². The molecule has 0 spiro atoms. The summed E-state index contributed by atoms with van der Waals surface area (Å²) in [6, 6.07) is 0. The van der Waals surface area contributed by atoms with E-state index in [0.717, 1.165) is 19.5 Å². The number of rotatable bonds is 7. The Balaban J connectivity index is 2.65. The molecule has 0 aliphatic carbocycles. The van der Waals surface area contributed by atoms with E-state index >= 15 is 0 Å². The van der Waals surface area contributed by atoms with Gasteiger partial charge in [0, 0.05) is 0 Å². The summed E-state index contributed by atoms with van der Waals surface area (Å²) in [5, 5.41) is 3.12. The van der Waals surface area contributed by atoms with Crippen molar-refractivity contribution in [3.63, 3.8) is 0 Å². The zero-order chi connectivity index (χ0) is 7.66. The van der Waals surface area contributed by atoms with Gasteiger partial charge in [0.05, 0.1) is 0 Å². The van der Waals surface area contributed by atoms with Gasteiger partial charge >= 0.3 is 0 Å². The zero-order valence-electron chi connectivity index (χ0n) is 6.73. The van der Waals surface area contributed by atoms with Crippen LogP contribution in [0.3, 0.4) is 0 Å². The normalized spacial score (nSPS) is 10.2. The van der Waals surface area contributed by atoms with Gasteiger partial charge in [-0.1, -0.05) is 0 Å². The molecule has 0 aliphatic rings.